The average Bonchev–Trinajstić information content (AvgIpc) is 2.86. The molecule has 2 N–H and O–H groups in total. The summed E-state index contributed by atoms with van der Waals surface area (Å²) in [5, 5.41) is 14.3. The number of nitrogens with zero attached hydrogens (tertiary/aromatic N) is 2. The summed E-state index contributed by atoms with van der Waals surface area (Å²) >= 11 is 0. The number of hydrogen-bond donors (Lipinski definition) is 2. The molecule has 178 valence electrons. The number of likely N-dealkylation sites (tertiary alicyclic amines) is 2. The summed E-state index contributed by atoms with van der Waals surface area (Å²) in [7, 11) is 1.62. The molecule has 2 heterocycles. The molecule has 6 nitrogen and oxygen atoms in total. The van der Waals surface area contributed by atoms with E-state index in [9.17, 15) is 9.90 Å². The lowest BCUT2D eigenvalue weighted by Gasteiger charge is -2.39. The van der Waals surface area contributed by atoms with Crippen molar-refractivity contribution < 1.29 is 14.6 Å². The maximum atomic E-state index is 12.7. The number of para-hydroxylation sites is 1. The number of rotatable bonds is 7. The van der Waals surface area contributed by atoms with E-state index in [0.717, 1.165) is 38.2 Å². The van der Waals surface area contributed by atoms with Gasteiger partial charge in [-0.2, -0.15) is 0 Å². The fraction of sp³-hybridized carbons (Fsp3) is 0.519. The molecule has 2 aliphatic rings. The summed E-state index contributed by atoms with van der Waals surface area (Å²) in [6.07, 6.45) is 4.45. The highest BCUT2D eigenvalue weighted by Crippen LogP contribution is 2.37. The van der Waals surface area contributed by atoms with Crippen molar-refractivity contribution in [3.05, 3.63) is 65.7 Å². The molecular formula is C27H37N3O3. The van der Waals surface area contributed by atoms with Crippen LogP contribution >= 0.6 is 0 Å². The van der Waals surface area contributed by atoms with Crippen LogP contribution in [0.1, 0.15) is 43.2 Å². The largest absolute Gasteiger partial charge is 0.496 e. The van der Waals surface area contributed by atoms with Gasteiger partial charge in [-0.3, -0.25) is 4.90 Å². The Morgan fingerprint density at radius 3 is 2.39 bits per heavy atom. The highest BCUT2D eigenvalue weighted by atomic mass is 16.5. The topological polar surface area (TPSA) is 65.0 Å². The van der Waals surface area contributed by atoms with Crippen LogP contribution in [0.15, 0.2) is 54.6 Å². The van der Waals surface area contributed by atoms with E-state index < -0.39 is 5.60 Å². The van der Waals surface area contributed by atoms with Gasteiger partial charge in [0.15, 0.2) is 0 Å². The summed E-state index contributed by atoms with van der Waals surface area (Å²) in [6.45, 7) is 5.08. The van der Waals surface area contributed by atoms with Crippen LogP contribution in [-0.4, -0.2) is 60.8 Å². The first kappa shape index (κ1) is 23.6. The van der Waals surface area contributed by atoms with Gasteiger partial charge in [0.1, 0.15) is 5.75 Å². The van der Waals surface area contributed by atoms with E-state index in [0.29, 0.717) is 37.6 Å². The molecule has 0 aliphatic carbocycles. The lowest BCUT2D eigenvalue weighted by atomic mass is 9.84. The first-order chi connectivity index (χ1) is 16.1. The molecule has 0 unspecified atom stereocenters. The molecule has 2 amide bonds. The second-order valence-electron chi connectivity index (χ2n) is 9.44. The van der Waals surface area contributed by atoms with E-state index in [4.69, 9.17) is 4.74 Å². The van der Waals surface area contributed by atoms with Crippen molar-refractivity contribution in [3.8, 4) is 5.75 Å². The van der Waals surface area contributed by atoms with Crippen molar-refractivity contribution in [2.24, 2.45) is 5.92 Å². The van der Waals surface area contributed by atoms with Crippen molar-refractivity contribution in [2.45, 2.75) is 44.2 Å². The fourth-order valence-electron chi connectivity index (χ4n) is 5.15. The van der Waals surface area contributed by atoms with Crippen LogP contribution in [0.25, 0.3) is 0 Å². The van der Waals surface area contributed by atoms with Crippen LogP contribution in [0, 0.1) is 5.92 Å². The number of urea groups is 1. The zero-order chi connectivity index (χ0) is 23.1. The van der Waals surface area contributed by atoms with Crippen molar-refractivity contribution >= 4 is 6.03 Å². The smallest absolute Gasteiger partial charge is 0.317 e. The van der Waals surface area contributed by atoms with Gasteiger partial charge in [-0.1, -0.05) is 48.5 Å². The molecule has 4 rings (SSSR count). The number of carbonyl (C=O) groups is 1. The zero-order valence-electron chi connectivity index (χ0n) is 19.7. The fourth-order valence-corrected chi connectivity index (χ4v) is 5.15. The predicted octanol–water partition coefficient (Wildman–Crippen LogP) is 3.99. The van der Waals surface area contributed by atoms with Gasteiger partial charge in [0.25, 0.3) is 0 Å². The summed E-state index contributed by atoms with van der Waals surface area (Å²) in [4.78, 5) is 17.0. The molecule has 2 fully saturated rings. The number of ether oxygens (including phenoxy) is 1. The molecule has 0 aromatic heterocycles. The average molecular weight is 452 g/mol. The second kappa shape index (κ2) is 11.0. The molecule has 2 aliphatic heterocycles. The zero-order valence-corrected chi connectivity index (χ0v) is 19.7. The van der Waals surface area contributed by atoms with Crippen molar-refractivity contribution in [1.82, 2.24) is 15.1 Å². The standard InChI is InChI=1S/C27H37N3O3/c1-33-25-10-6-5-9-24(25)27(32)14-19-30(20-15-27)26(31)28-16-11-22-12-17-29(18-13-22)21-23-7-3-2-4-8-23/h2-10,22,32H,11-21H2,1H3,(H,28,31). The van der Waals surface area contributed by atoms with E-state index in [-0.39, 0.29) is 6.03 Å². The number of aliphatic hydroxyl groups is 1. The highest BCUT2D eigenvalue weighted by molar-refractivity contribution is 5.74. The normalized spacial score (nSPS) is 19.3. The Morgan fingerprint density at radius 1 is 1.03 bits per heavy atom. The third kappa shape index (κ3) is 6.06. The molecule has 6 heteroatoms. The number of piperidine rings is 2. The van der Waals surface area contributed by atoms with Gasteiger partial charge in [-0.05, 0) is 62.7 Å². The van der Waals surface area contributed by atoms with Crippen LogP contribution in [0.2, 0.25) is 0 Å². The van der Waals surface area contributed by atoms with Crippen molar-refractivity contribution in [2.75, 3.05) is 39.8 Å². The van der Waals surface area contributed by atoms with Gasteiger partial charge in [0.2, 0.25) is 0 Å². The minimum absolute atomic E-state index is 0.0152. The lowest BCUT2D eigenvalue weighted by Crippen LogP contribution is -2.49. The Balaban J connectivity index is 1.16. The van der Waals surface area contributed by atoms with Crippen LogP contribution in [0.3, 0.4) is 0 Å². The summed E-state index contributed by atoms with van der Waals surface area (Å²) in [5.41, 5.74) is 1.24. The number of nitrogens with one attached hydrogen (secondary N) is 1. The molecule has 0 bridgehead atoms. The molecule has 0 saturated carbocycles. The molecular weight excluding hydrogens is 414 g/mol. The monoisotopic (exact) mass is 451 g/mol. The second-order valence-corrected chi connectivity index (χ2v) is 9.44. The third-order valence-electron chi connectivity index (χ3n) is 7.27. The van der Waals surface area contributed by atoms with Crippen molar-refractivity contribution in [3.63, 3.8) is 0 Å². The number of benzene rings is 2. The first-order valence-electron chi connectivity index (χ1n) is 12.2. The lowest BCUT2D eigenvalue weighted by molar-refractivity contribution is -0.0184. The Labute approximate surface area is 197 Å². The van der Waals surface area contributed by atoms with Crippen LogP contribution in [-0.2, 0) is 12.1 Å². The van der Waals surface area contributed by atoms with E-state index in [1.165, 1.54) is 18.4 Å². The molecule has 0 spiro atoms. The third-order valence-corrected chi connectivity index (χ3v) is 7.27. The highest BCUT2D eigenvalue weighted by Gasteiger charge is 2.37. The van der Waals surface area contributed by atoms with E-state index in [1.54, 1.807) is 7.11 Å². The predicted molar refractivity (Wildman–Crippen MR) is 130 cm³/mol. The number of hydrogen-bond acceptors (Lipinski definition) is 4. The minimum atomic E-state index is -0.947. The molecule has 2 aromatic carbocycles. The summed E-state index contributed by atoms with van der Waals surface area (Å²) in [5.74, 6) is 1.38. The first-order valence-corrected chi connectivity index (χ1v) is 12.2. The summed E-state index contributed by atoms with van der Waals surface area (Å²) in [6, 6.07) is 18.3. The van der Waals surface area contributed by atoms with Crippen LogP contribution in [0.4, 0.5) is 4.79 Å². The van der Waals surface area contributed by atoms with Gasteiger partial charge in [-0.15, -0.1) is 0 Å². The Kier molecular flexibility index (Phi) is 7.89. The minimum Gasteiger partial charge on any atom is -0.496 e. The van der Waals surface area contributed by atoms with Gasteiger partial charge in [0, 0.05) is 31.7 Å². The number of amides is 2. The van der Waals surface area contributed by atoms with Gasteiger partial charge >= 0.3 is 6.03 Å². The maximum absolute atomic E-state index is 12.7. The van der Waals surface area contributed by atoms with Crippen LogP contribution in [0.5, 0.6) is 5.75 Å². The Bertz CT molecular complexity index is 888. The Hall–Kier alpha value is -2.57. The van der Waals surface area contributed by atoms with Crippen LogP contribution < -0.4 is 10.1 Å². The number of carbonyl (C=O) groups excluding carboxylic acids is 1. The molecule has 0 atom stereocenters. The Morgan fingerprint density at radius 2 is 1.70 bits per heavy atom. The maximum Gasteiger partial charge on any atom is 0.317 e. The SMILES string of the molecule is COc1ccccc1C1(O)CCN(C(=O)NCCC2CCN(Cc3ccccc3)CC2)CC1. The van der Waals surface area contributed by atoms with Crippen molar-refractivity contribution in [1.29, 1.82) is 0 Å². The van der Waals surface area contributed by atoms with E-state index in [1.807, 2.05) is 29.2 Å². The van der Waals surface area contributed by atoms with Gasteiger partial charge < -0.3 is 20.1 Å². The van der Waals surface area contributed by atoms with E-state index >= 15 is 0 Å². The molecule has 0 radical (unpaired) electrons. The van der Waals surface area contributed by atoms with Gasteiger partial charge in [0.05, 0.1) is 12.7 Å². The molecule has 2 saturated heterocycles. The van der Waals surface area contributed by atoms with E-state index in [2.05, 4.69) is 40.5 Å². The summed E-state index contributed by atoms with van der Waals surface area (Å²) < 4.78 is 5.43. The quantitative estimate of drug-likeness (QED) is 0.668. The molecule has 2 aromatic rings. The number of methoxy groups -OCH3 is 1. The van der Waals surface area contributed by atoms with Gasteiger partial charge in [-0.25, -0.2) is 4.79 Å². The molecule has 33 heavy (non-hydrogen) atoms.